The number of aryl methyl sites for hydroxylation is 1. The van der Waals surface area contributed by atoms with Gasteiger partial charge in [0.2, 0.25) is 0 Å². The van der Waals surface area contributed by atoms with Gasteiger partial charge in [-0.1, -0.05) is 11.6 Å². The molecule has 2 N–H and O–H groups in total. The lowest BCUT2D eigenvalue weighted by molar-refractivity contribution is 0.547. The van der Waals surface area contributed by atoms with Gasteiger partial charge >= 0.3 is 0 Å². The van der Waals surface area contributed by atoms with Crippen molar-refractivity contribution in [2.75, 3.05) is 0 Å². The lowest BCUT2D eigenvalue weighted by Gasteiger charge is -2.10. The van der Waals surface area contributed by atoms with Gasteiger partial charge in [0, 0.05) is 48.3 Å². The quantitative estimate of drug-likeness (QED) is 0.759. The van der Waals surface area contributed by atoms with Crippen LogP contribution in [0.5, 0.6) is 0 Å². The molecular formula is C16H18ClN5. The number of halogens is 1. The van der Waals surface area contributed by atoms with Crippen LogP contribution >= 0.6 is 11.6 Å². The minimum Gasteiger partial charge on any atom is -0.341 e. The van der Waals surface area contributed by atoms with Gasteiger partial charge in [-0.2, -0.15) is 5.10 Å². The Bertz CT molecular complexity index is 744. The summed E-state index contributed by atoms with van der Waals surface area (Å²) in [4.78, 5) is 7.73. The van der Waals surface area contributed by atoms with Crippen LogP contribution in [0.2, 0.25) is 5.02 Å². The van der Waals surface area contributed by atoms with Crippen LogP contribution in [0.1, 0.15) is 24.4 Å². The average molecular weight is 316 g/mol. The minimum atomic E-state index is 0.184. The monoisotopic (exact) mass is 315 g/mol. The van der Waals surface area contributed by atoms with Crippen molar-refractivity contribution < 1.29 is 0 Å². The van der Waals surface area contributed by atoms with Crippen molar-refractivity contribution in [3.63, 3.8) is 0 Å². The lowest BCUT2D eigenvalue weighted by atomic mass is 10.2. The van der Waals surface area contributed by atoms with E-state index in [1.807, 2.05) is 54.5 Å². The molecule has 0 saturated carbocycles. The van der Waals surface area contributed by atoms with Crippen LogP contribution < -0.4 is 5.32 Å². The number of H-pyrrole nitrogens is 1. The van der Waals surface area contributed by atoms with Crippen LogP contribution in [0.15, 0.2) is 42.7 Å². The van der Waals surface area contributed by atoms with Gasteiger partial charge in [0.1, 0.15) is 5.82 Å². The molecule has 5 nitrogen and oxygen atoms in total. The van der Waals surface area contributed by atoms with Crippen molar-refractivity contribution >= 4 is 11.6 Å². The van der Waals surface area contributed by atoms with Crippen LogP contribution in [-0.4, -0.2) is 19.7 Å². The smallest absolute Gasteiger partial charge is 0.137 e. The molecule has 0 aliphatic carbocycles. The van der Waals surface area contributed by atoms with E-state index in [1.54, 1.807) is 0 Å². The van der Waals surface area contributed by atoms with Crippen molar-refractivity contribution in [3.8, 4) is 11.4 Å². The van der Waals surface area contributed by atoms with E-state index in [9.17, 15) is 0 Å². The third-order valence-corrected chi connectivity index (χ3v) is 3.77. The molecular weight excluding hydrogens is 298 g/mol. The van der Waals surface area contributed by atoms with Gasteiger partial charge in [-0.05, 0) is 37.3 Å². The Morgan fingerprint density at radius 3 is 2.73 bits per heavy atom. The molecule has 0 amide bonds. The van der Waals surface area contributed by atoms with E-state index in [0.29, 0.717) is 6.54 Å². The zero-order chi connectivity index (χ0) is 15.5. The number of aromatic nitrogens is 4. The molecule has 3 rings (SSSR count). The Hall–Kier alpha value is -2.11. The fourth-order valence-corrected chi connectivity index (χ4v) is 2.36. The van der Waals surface area contributed by atoms with Crippen LogP contribution in [0.3, 0.4) is 0 Å². The standard InChI is InChI=1S/C16H18ClN5/c1-11(15-7-8-22(2)21-15)18-9-14-10-19-16(20-14)12-3-5-13(17)6-4-12/h3-8,10-11,18H,9H2,1-2H3,(H,19,20). The molecule has 3 aromatic rings. The normalized spacial score (nSPS) is 12.5. The summed E-state index contributed by atoms with van der Waals surface area (Å²) in [5, 5.41) is 8.56. The first-order valence-electron chi connectivity index (χ1n) is 7.14. The van der Waals surface area contributed by atoms with E-state index in [4.69, 9.17) is 11.6 Å². The number of nitrogens with one attached hydrogen (secondary N) is 2. The molecule has 0 aliphatic rings. The number of aromatic amines is 1. The summed E-state index contributed by atoms with van der Waals surface area (Å²) in [5.41, 5.74) is 3.08. The highest BCUT2D eigenvalue weighted by atomic mass is 35.5. The minimum absolute atomic E-state index is 0.184. The predicted octanol–water partition coefficient (Wildman–Crippen LogP) is 3.31. The van der Waals surface area contributed by atoms with E-state index in [1.165, 1.54) is 0 Å². The summed E-state index contributed by atoms with van der Waals surface area (Å²) in [5.74, 6) is 0.846. The van der Waals surface area contributed by atoms with E-state index in [0.717, 1.165) is 27.8 Å². The van der Waals surface area contributed by atoms with Gasteiger partial charge in [-0.15, -0.1) is 0 Å². The van der Waals surface area contributed by atoms with E-state index in [-0.39, 0.29) is 6.04 Å². The second kappa shape index (κ2) is 6.34. The number of rotatable bonds is 5. The highest BCUT2D eigenvalue weighted by molar-refractivity contribution is 6.30. The fraction of sp³-hybridized carbons (Fsp3) is 0.250. The Morgan fingerprint density at radius 1 is 1.27 bits per heavy atom. The third kappa shape index (κ3) is 3.37. The third-order valence-electron chi connectivity index (χ3n) is 3.52. The SMILES string of the molecule is CC(NCc1cnc(-c2ccc(Cl)cc2)[nH]1)c1ccn(C)n1. The van der Waals surface area contributed by atoms with Crippen LogP contribution in [0.25, 0.3) is 11.4 Å². The first-order valence-corrected chi connectivity index (χ1v) is 7.52. The number of imidazole rings is 1. The lowest BCUT2D eigenvalue weighted by Crippen LogP contribution is -2.18. The first kappa shape index (κ1) is 14.8. The Kier molecular flexibility index (Phi) is 4.27. The summed E-state index contributed by atoms with van der Waals surface area (Å²) < 4.78 is 1.81. The second-order valence-corrected chi connectivity index (χ2v) is 5.72. The summed E-state index contributed by atoms with van der Waals surface area (Å²) in [6.07, 6.45) is 3.80. The molecule has 0 radical (unpaired) electrons. The maximum atomic E-state index is 5.90. The van der Waals surface area contributed by atoms with Crippen molar-refractivity contribution in [3.05, 3.63) is 59.1 Å². The molecule has 22 heavy (non-hydrogen) atoms. The highest BCUT2D eigenvalue weighted by Gasteiger charge is 2.09. The summed E-state index contributed by atoms with van der Waals surface area (Å²) >= 11 is 5.90. The second-order valence-electron chi connectivity index (χ2n) is 5.28. The molecule has 0 bridgehead atoms. The van der Waals surface area contributed by atoms with Gasteiger partial charge in [0.25, 0.3) is 0 Å². The number of hydrogen-bond acceptors (Lipinski definition) is 3. The fourth-order valence-electron chi connectivity index (χ4n) is 2.23. The zero-order valence-corrected chi connectivity index (χ0v) is 13.3. The molecule has 0 fully saturated rings. The molecule has 1 aromatic carbocycles. The molecule has 1 atom stereocenters. The van der Waals surface area contributed by atoms with Crippen LogP contribution in [0.4, 0.5) is 0 Å². The summed E-state index contributed by atoms with van der Waals surface area (Å²) in [6.45, 7) is 2.80. The highest BCUT2D eigenvalue weighted by Crippen LogP contribution is 2.19. The molecule has 0 saturated heterocycles. The van der Waals surface area contributed by atoms with Gasteiger partial charge in [0.15, 0.2) is 0 Å². The van der Waals surface area contributed by atoms with Gasteiger partial charge in [-0.25, -0.2) is 4.98 Å². The van der Waals surface area contributed by atoms with Crippen molar-refractivity contribution in [2.45, 2.75) is 19.5 Å². The molecule has 2 heterocycles. The Morgan fingerprint density at radius 2 is 2.05 bits per heavy atom. The number of nitrogens with zero attached hydrogens (tertiary/aromatic N) is 3. The van der Waals surface area contributed by atoms with Gasteiger partial charge in [0.05, 0.1) is 5.69 Å². The van der Waals surface area contributed by atoms with Crippen LogP contribution in [0, 0.1) is 0 Å². The number of benzene rings is 1. The predicted molar refractivity (Wildman–Crippen MR) is 87.5 cm³/mol. The molecule has 114 valence electrons. The topological polar surface area (TPSA) is 58.5 Å². The molecule has 1 unspecified atom stereocenters. The van der Waals surface area contributed by atoms with Crippen LogP contribution in [-0.2, 0) is 13.6 Å². The molecule has 2 aromatic heterocycles. The van der Waals surface area contributed by atoms with Crippen molar-refractivity contribution in [1.82, 2.24) is 25.1 Å². The maximum absolute atomic E-state index is 5.90. The Labute approximate surface area is 134 Å². The number of hydrogen-bond donors (Lipinski definition) is 2. The average Bonchev–Trinajstić information content (AvgIpc) is 3.15. The van der Waals surface area contributed by atoms with E-state index < -0.39 is 0 Å². The zero-order valence-electron chi connectivity index (χ0n) is 12.5. The van der Waals surface area contributed by atoms with E-state index >= 15 is 0 Å². The molecule has 0 spiro atoms. The van der Waals surface area contributed by atoms with Crippen molar-refractivity contribution in [2.24, 2.45) is 7.05 Å². The van der Waals surface area contributed by atoms with Gasteiger partial charge in [-0.3, -0.25) is 4.68 Å². The summed E-state index contributed by atoms with van der Waals surface area (Å²) in [7, 11) is 1.92. The molecule has 6 heteroatoms. The maximum Gasteiger partial charge on any atom is 0.137 e. The van der Waals surface area contributed by atoms with Gasteiger partial charge < -0.3 is 10.3 Å². The summed E-state index contributed by atoms with van der Waals surface area (Å²) in [6, 6.07) is 9.83. The first-order chi connectivity index (χ1) is 10.6. The largest absolute Gasteiger partial charge is 0.341 e. The van der Waals surface area contributed by atoms with Crippen molar-refractivity contribution in [1.29, 1.82) is 0 Å². The van der Waals surface area contributed by atoms with E-state index in [2.05, 4.69) is 27.3 Å². The molecule has 0 aliphatic heterocycles. The Balaban J connectivity index is 1.63.